The van der Waals surface area contributed by atoms with Crippen LogP contribution in [0.25, 0.3) is 5.57 Å². The second kappa shape index (κ2) is 10.4. The van der Waals surface area contributed by atoms with Crippen LogP contribution in [0.5, 0.6) is 0 Å². The first kappa shape index (κ1) is 24.5. The summed E-state index contributed by atoms with van der Waals surface area (Å²) in [5.74, 6) is -0.453. The molecule has 0 atom stereocenters. The van der Waals surface area contributed by atoms with Gasteiger partial charge in [0.05, 0.1) is 28.2 Å². The number of halogens is 1. The highest BCUT2D eigenvalue weighted by atomic mass is 19.1. The number of aryl methyl sites for hydroxylation is 1. The van der Waals surface area contributed by atoms with Crippen molar-refractivity contribution in [1.29, 1.82) is 5.26 Å². The summed E-state index contributed by atoms with van der Waals surface area (Å²) < 4.78 is 15.8. The molecule has 0 bridgehead atoms. The predicted molar refractivity (Wildman–Crippen MR) is 142 cm³/mol. The summed E-state index contributed by atoms with van der Waals surface area (Å²) in [6.45, 7) is 8.72. The molecular weight excluding hydrogens is 437 g/mol. The average molecular weight is 472 g/mol. The lowest BCUT2D eigenvalue weighted by Gasteiger charge is -2.43. The lowest BCUT2D eigenvalue weighted by atomic mass is 9.84. The van der Waals surface area contributed by atoms with Gasteiger partial charge in [0, 0.05) is 36.3 Å². The number of benzene rings is 1. The summed E-state index contributed by atoms with van der Waals surface area (Å²) in [5, 5.41) is 13.3. The van der Waals surface area contributed by atoms with Gasteiger partial charge in [0.15, 0.2) is 5.82 Å². The highest BCUT2D eigenvalue weighted by molar-refractivity contribution is 6.00. The highest BCUT2D eigenvalue weighted by Gasteiger charge is 2.42. The topological polar surface area (TPSA) is 78.0 Å². The molecule has 1 aliphatic carbocycles. The normalized spacial score (nSPS) is 17.6. The van der Waals surface area contributed by atoms with Crippen LogP contribution in [0.1, 0.15) is 62.1 Å². The van der Waals surface area contributed by atoms with Gasteiger partial charge in [0.25, 0.3) is 0 Å². The third-order valence-corrected chi connectivity index (χ3v) is 7.30. The van der Waals surface area contributed by atoms with Crippen LogP contribution in [0.3, 0.4) is 0 Å². The van der Waals surface area contributed by atoms with E-state index in [9.17, 15) is 5.26 Å². The van der Waals surface area contributed by atoms with E-state index in [1.807, 2.05) is 44.3 Å². The minimum atomic E-state index is -0.453. The Balaban J connectivity index is 1.77. The molecule has 0 radical (unpaired) electrons. The Morgan fingerprint density at radius 3 is 2.66 bits per heavy atom. The van der Waals surface area contributed by atoms with Gasteiger partial charge in [0.1, 0.15) is 6.07 Å². The minimum Gasteiger partial charge on any atom is -0.396 e. The number of nitriles is 1. The largest absolute Gasteiger partial charge is 0.396 e. The molecule has 6 heteroatoms. The monoisotopic (exact) mass is 471 g/mol. The van der Waals surface area contributed by atoms with Gasteiger partial charge >= 0.3 is 0 Å². The highest BCUT2D eigenvalue weighted by Crippen LogP contribution is 2.51. The first-order valence-corrected chi connectivity index (χ1v) is 12.5. The van der Waals surface area contributed by atoms with Crippen LogP contribution in [0.2, 0.25) is 0 Å². The van der Waals surface area contributed by atoms with E-state index in [2.05, 4.69) is 27.8 Å². The summed E-state index contributed by atoms with van der Waals surface area (Å²) >= 11 is 0. The lowest BCUT2D eigenvalue weighted by Crippen LogP contribution is -2.44. The Morgan fingerprint density at radius 1 is 1.31 bits per heavy atom. The van der Waals surface area contributed by atoms with E-state index in [1.165, 1.54) is 5.56 Å². The number of nitrogens with zero attached hydrogens (tertiary/aromatic N) is 3. The zero-order valence-electron chi connectivity index (χ0n) is 20.7. The van der Waals surface area contributed by atoms with E-state index in [4.69, 9.17) is 5.73 Å². The number of nitrogens with one attached hydrogen (secondary N) is 1. The first-order valence-electron chi connectivity index (χ1n) is 12.5. The lowest BCUT2D eigenvalue weighted by molar-refractivity contribution is 0.527. The molecule has 0 spiro atoms. The number of hydrogen-bond donors (Lipinski definition) is 2. The maximum atomic E-state index is 15.8. The number of aromatic nitrogens is 1. The number of nitrogens with two attached hydrogens (primary N) is 1. The number of pyridine rings is 1. The molecule has 0 unspecified atom stereocenters. The van der Waals surface area contributed by atoms with Gasteiger partial charge in [-0.15, -0.1) is 6.58 Å². The van der Waals surface area contributed by atoms with Crippen LogP contribution in [-0.2, 0) is 6.42 Å². The van der Waals surface area contributed by atoms with Gasteiger partial charge in [0.2, 0.25) is 0 Å². The van der Waals surface area contributed by atoms with Crippen molar-refractivity contribution in [3.05, 3.63) is 77.5 Å². The van der Waals surface area contributed by atoms with Gasteiger partial charge in [-0.2, -0.15) is 5.26 Å². The van der Waals surface area contributed by atoms with Crippen molar-refractivity contribution >= 4 is 22.6 Å². The Hall–Kier alpha value is -3.59. The smallest absolute Gasteiger partial charge is 0.170 e. The maximum absolute atomic E-state index is 15.8. The molecule has 2 heterocycles. The van der Waals surface area contributed by atoms with E-state index in [0.29, 0.717) is 28.9 Å². The van der Waals surface area contributed by atoms with E-state index in [0.717, 1.165) is 56.2 Å². The molecule has 1 aromatic carbocycles. The molecule has 2 aliphatic rings. The van der Waals surface area contributed by atoms with Crippen molar-refractivity contribution in [2.75, 3.05) is 22.5 Å². The van der Waals surface area contributed by atoms with Crippen molar-refractivity contribution in [3.8, 4) is 6.07 Å². The molecule has 0 saturated heterocycles. The molecule has 1 saturated carbocycles. The molecule has 4 rings (SSSR count). The first-order chi connectivity index (χ1) is 17.0. The fraction of sp³-hybridized carbons (Fsp3) is 0.379. The fourth-order valence-corrected chi connectivity index (χ4v) is 5.47. The van der Waals surface area contributed by atoms with Crippen LogP contribution >= 0.6 is 0 Å². The third kappa shape index (κ3) is 4.43. The number of hydrogen-bond acceptors (Lipinski definition) is 5. The summed E-state index contributed by atoms with van der Waals surface area (Å²) in [4.78, 5) is 6.21. The fourth-order valence-electron chi connectivity index (χ4n) is 5.47. The standard InChI is InChI=1S/C29H34FN5/c1-4-9-23-22(18-31)19-35(29(5-2)13-6-7-14-29)28-20(3)27(25(30)26(32)24(23)28)34-15-8-10-21-11-16-33-17-12-21/h5,9,11-12,16-17,19,34H,2,4,6-8,10,13-15,32H2,1,3H3. The Bertz CT molecular complexity index is 1200. The summed E-state index contributed by atoms with van der Waals surface area (Å²) in [5.41, 5.74) is 11.4. The predicted octanol–water partition coefficient (Wildman–Crippen LogP) is 6.68. The number of rotatable bonds is 8. The number of nitrogen functional groups attached to an aromatic ring is 1. The van der Waals surface area contributed by atoms with E-state index in [-0.39, 0.29) is 11.2 Å². The molecule has 1 aliphatic heterocycles. The van der Waals surface area contributed by atoms with E-state index >= 15 is 4.39 Å². The van der Waals surface area contributed by atoms with E-state index < -0.39 is 5.82 Å². The number of allylic oxidation sites excluding steroid dienone is 3. The zero-order valence-corrected chi connectivity index (χ0v) is 20.7. The number of fused-ring (bicyclic) bond motifs is 1. The van der Waals surface area contributed by atoms with Gasteiger partial charge in [-0.05, 0) is 62.3 Å². The second-order valence-corrected chi connectivity index (χ2v) is 9.40. The average Bonchev–Trinajstić information content (AvgIpc) is 3.37. The van der Waals surface area contributed by atoms with Crippen LogP contribution in [0.15, 0.2) is 55.0 Å². The molecular formula is C29H34FN5. The Kier molecular flexibility index (Phi) is 7.25. The summed E-state index contributed by atoms with van der Waals surface area (Å²) in [6, 6.07) is 6.33. The molecule has 182 valence electrons. The Morgan fingerprint density at radius 2 is 2.03 bits per heavy atom. The van der Waals surface area contributed by atoms with Crippen LogP contribution in [0, 0.1) is 24.1 Å². The van der Waals surface area contributed by atoms with Crippen molar-refractivity contribution < 1.29 is 4.39 Å². The molecule has 0 amide bonds. The van der Waals surface area contributed by atoms with Gasteiger partial charge in [-0.1, -0.05) is 31.9 Å². The molecule has 2 aromatic rings. The SMILES string of the molecule is C=CC1(N2C=C(C#N)C(=CCC)c3c(N)c(F)c(NCCCc4ccncc4)c(C)c32)CCCC1. The van der Waals surface area contributed by atoms with Crippen molar-refractivity contribution in [2.45, 2.75) is 64.3 Å². The van der Waals surface area contributed by atoms with Gasteiger partial charge < -0.3 is 16.0 Å². The zero-order chi connectivity index (χ0) is 25.0. The Labute approximate surface area is 207 Å². The third-order valence-electron chi connectivity index (χ3n) is 7.30. The van der Waals surface area contributed by atoms with Crippen LogP contribution in [-0.4, -0.2) is 17.1 Å². The quantitative estimate of drug-likeness (QED) is 0.255. The van der Waals surface area contributed by atoms with Crippen molar-refractivity contribution in [3.63, 3.8) is 0 Å². The number of anilines is 3. The minimum absolute atomic E-state index is 0.0880. The van der Waals surface area contributed by atoms with Crippen molar-refractivity contribution in [2.24, 2.45) is 0 Å². The molecule has 35 heavy (non-hydrogen) atoms. The summed E-state index contributed by atoms with van der Waals surface area (Å²) in [7, 11) is 0. The van der Waals surface area contributed by atoms with Crippen molar-refractivity contribution in [1.82, 2.24) is 4.98 Å². The second-order valence-electron chi connectivity index (χ2n) is 9.40. The maximum Gasteiger partial charge on any atom is 0.170 e. The molecule has 5 nitrogen and oxygen atoms in total. The van der Waals surface area contributed by atoms with Gasteiger partial charge in [-0.3, -0.25) is 4.98 Å². The van der Waals surface area contributed by atoms with Crippen LogP contribution in [0.4, 0.5) is 21.5 Å². The molecule has 1 fully saturated rings. The summed E-state index contributed by atoms with van der Waals surface area (Å²) in [6.07, 6.45) is 15.9. The molecule has 1 aromatic heterocycles. The van der Waals surface area contributed by atoms with Crippen LogP contribution < -0.4 is 16.0 Å². The van der Waals surface area contributed by atoms with E-state index in [1.54, 1.807) is 12.4 Å². The molecule has 3 N–H and O–H groups in total. The van der Waals surface area contributed by atoms with Gasteiger partial charge in [-0.25, -0.2) is 4.39 Å².